The first-order valence-corrected chi connectivity index (χ1v) is 5.18. The maximum Gasteiger partial charge on any atom is 0.435 e. The van der Waals surface area contributed by atoms with Gasteiger partial charge in [0.15, 0.2) is 5.69 Å². The van der Waals surface area contributed by atoms with E-state index in [0.717, 1.165) is 11.8 Å². The second-order valence-corrected chi connectivity index (χ2v) is 3.93. The fraction of sp³-hybridized carbons (Fsp3) is 0.556. The van der Waals surface area contributed by atoms with Crippen LogP contribution in [0.3, 0.4) is 0 Å². The number of nitrogens with two attached hydrogens (primary N) is 1. The van der Waals surface area contributed by atoms with Gasteiger partial charge in [-0.25, -0.2) is 0 Å². The van der Waals surface area contributed by atoms with Gasteiger partial charge in [0.05, 0.1) is 7.11 Å². The first-order chi connectivity index (χ1) is 8.18. The van der Waals surface area contributed by atoms with Crippen LogP contribution in [0.15, 0.2) is 0 Å². The maximum absolute atomic E-state index is 12.7. The van der Waals surface area contributed by atoms with Crippen molar-refractivity contribution in [2.24, 2.45) is 12.8 Å². The van der Waals surface area contributed by atoms with Crippen LogP contribution in [0.2, 0.25) is 5.15 Å². The zero-order valence-corrected chi connectivity index (χ0v) is 10.3. The molecule has 2 N–H and O–H groups in total. The summed E-state index contributed by atoms with van der Waals surface area (Å²) < 4.78 is 43.3. The smallest absolute Gasteiger partial charge is 0.435 e. The summed E-state index contributed by atoms with van der Waals surface area (Å²) in [5.41, 5.74) is 3.95. The highest BCUT2D eigenvalue weighted by Crippen LogP contribution is 2.34. The Labute approximate surface area is 106 Å². The van der Waals surface area contributed by atoms with E-state index in [-0.39, 0.29) is 10.7 Å². The summed E-state index contributed by atoms with van der Waals surface area (Å²) in [6, 6.07) is -1.22. The lowest BCUT2D eigenvalue weighted by Crippen LogP contribution is -2.34. The van der Waals surface area contributed by atoms with Crippen LogP contribution in [-0.4, -0.2) is 28.9 Å². The molecule has 1 unspecified atom stereocenters. The lowest BCUT2D eigenvalue weighted by atomic mass is 10.1. The molecule has 1 aromatic rings. The monoisotopic (exact) mass is 285 g/mol. The molecule has 0 aliphatic rings. The average molecular weight is 286 g/mol. The standard InChI is InChI=1S/C9H11ClF3N3O2/c1-16-7(10)4(3-5(14)8(17)18-2)6(15-16)9(11,12)13/h5H,3,14H2,1-2H3. The quantitative estimate of drug-likeness (QED) is 0.846. The van der Waals surface area contributed by atoms with E-state index in [2.05, 4.69) is 9.84 Å². The predicted octanol–water partition coefficient (Wildman–Crippen LogP) is 1.14. The van der Waals surface area contributed by atoms with Gasteiger partial charge in [0.2, 0.25) is 0 Å². The molecular weight excluding hydrogens is 275 g/mol. The topological polar surface area (TPSA) is 70.1 Å². The SMILES string of the molecule is COC(=O)C(N)Cc1c(C(F)(F)F)nn(C)c1Cl. The Kier molecular flexibility index (Phi) is 4.23. The number of alkyl halides is 3. The molecule has 0 aliphatic heterocycles. The first kappa shape index (κ1) is 14.8. The van der Waals surface area contributed by atoms with E-state index in [1.807, 2.05) is 0 Å². The minimum absolute atomic E-state index is 0.207. The third kappa shape index (κ3) is 2.94. The van der Waals surface area contributed by atoms with Gasteiger partial charge in [0, 0.05) is 19.0 Å². The van der Waals surface area contributed by atoms with Gasteiger partial charge in [-0.05, 0) is 0 Å². The van der Waals surface area contributed by atoms with Crippen molar-refractivity contribution < 1.29 is 22.7 Å². The number of nitrogens with zero attached hydrogens (tertiary/aromatic N) is 2. The van der Waals surface area contributed by atoms with Crippen LogP contribution in [0, 0.1) is 0 Å². The van der Waals surface area contributed by atoms with Crippen molar-refractivity contribution in [3.63, 3.8) is 0 Å². The summed E-state index contributed by atoms with van der Waals surface area (Å²) in [4.78, 5) is 11.1. The Balaban J connectivity index is 3.12. The fourth-order valence-electron chi connectivity index (χ4n) is 1.41. The number of carbonyl (C=O) groups is 1. The predicted molar refractivity (Wildman–Crippen MR) is 56.9 cm³/mol. The van der Waals surface area contributed by atoms with Crippen LogP contribution in [0.25, 0.3) is 0 Å². The van der Waals surface area contributed by atoms with Crippen LogP contribution in [0.4, 0.5) is 13.2 Å². The minimum atomic E-state index is -4.66. The highest BCUT2D eigenvalue weighted by molar-refractivity contribution is 6.30. The van der Waals surface area contributed by atoms with Crippen LogP contribution < -0.4 is 5.73 Å². The number of halogens is 4. The molecular formula is C9H11ClF3N3O2. The maximum atomic E-state index is 12.7. The number of hydrogen-bond donors (Lipinski definition) is 1. The van der Waals surface area contributed by atoms with Crippen LogP contribution in [0.5, 0.6) is 0 Å². The van der Waals surface area contributed by atoms with Gasteiger partial charge in [0.1, 0.15) is 11.2 Å². The Bertz CT molecular complexity index is 459. The van der Waals surface area contributed by atoms with E-state index in [1.54, 1.807) is 0 Å². The van der Waals surface area contributed by atoms with Gasteiger partial charge in [-0.1, -0.05) is 11.6 Å². The van der Waals surface area contributed by atoms with E-state index >= 15 is 0 Å². The van der Waals surface area contributed by atoms with E-state index in [0.29, 0.717) is 0 Å². The summed E-state index contributed by atoms with van der Waals surface area (Å²) in [5.74, 6) is -0.817. The molecule has 0 saturated heterocycles. The zero-order valence-electron chi connectivity index (χ0n) is 9.58. The first-order valence-electron chi connectivity index (χ1n) is 4.80. The van der Waals surface area contributed by atoms with Gasteiger partial charge in [0.25, 0.3) is 0 Å². The Morgan fingerprint density at radius 1 is 1.61 bits per heavy atom. The zero-order chi connectivity index (χ0) is 14.1. The van der Waals surface area contributed by atoms with Crippen molar-refractivity contribution in [2.75, 3.05) is 7.11 Å². The minimum Gasteiger partial charge on any atom is -0.468 e. The van der Waals surface area contributed by atoms with Crippen molar-refractivity contribution in [1.29, 1.82) is 0 Å². The molecule has 0 amide bonds. The van der Waals surface area contributed by atoms with Crippen molar-refractivity contribution in [2.45, 2.75) is 18.6 Å². The molecule has 0 bridgehead atoms. The average Bonchev–Trinajstić information content (AvgIpc) is 2.55. The van der Waals surface area contributed by atoms with Crippen molar-refractivity contribution in [1.82, 2.24) is 9.78 Å². The molecule has 0 aromatic carbocycles. The van der Waals surface area contributed by atoms with Gasteiger partial charge in [-0.15, -0.1) is 0 Å². The molecule has 1 aromatic heterocycles. The molecule has 0 aliphatic carbocycles. The largest absolute Gasteiger partial charge is 0.468 e. The normalized spacial score (nSPS) is 13.5. The number of ether oxygens (including phenoxy) is 1. The van der Waals surface area contributed by atoms with Crippen molar-refractivity contribution >= 4 is 17.6 Å². The highest BCUT2D eigenvalue weighted by Gasteiger charge is 2.39. The third-order valence-corrected chi connectivity index (χ3v) is 2.74. The number of esters is 1. The summed E-state index contributed by atoms with van der Waals surface area (Å²) in [5, 5.41) is 3.06. The molecule has 0 saturated carbocycles. The summed E-state index contributed by atoms with van der Waals surface area (Å²) in [6.07, 6.45) is -5.05. The van der Waals surface area contributed by atoms with E-state index in [4.69, 9.17) is 17.3 Å². The van der Waals surface area contributed by atoms with E-state index in [9.17, 15) is 18.0 Å². The van der Waals surface area contributed by atoms with Gasteiger partial charge in [-0.3, -0.25) is 9.48 Å². The Hall–Kier alpha value is -1.28. The summed E-state index contributed by atoms with van der Waals surface area (Å²) in [7, 11) is 2.36. The number of aromatic nitrogens is 2. The summed E-state index contributed by atoms with van der Waals surface area (Å²) in [6.45, 7) is 0. The molecule has 0 radical (unpaired) electrons. The van der Waals surface area contributed by atoms with Gasteiger partial charge >= 0.3 is 12.1 Å². The van der Waals surface area contributed by atoms with Crippen molar-refractivity contribution in [3.8, 4) is 0 Å². The lowest BCUT2D eigenvalue weighted by Gasteiger charge is -2.10. The van der Waals surface area contributed by atoms with E-state index in [1.165, 1.54) is 7.05 Å². The lowest BCUT2D eigenvalue weighted by molar-refractivity contribution is -0.144. The van der Waals surface area contributed by atoms with E-state index < -0.39 is 30.3 Å². The fourth-order valence-corrected chi connectivity index (χ4v) is 1.62. The number of methoxy groups -OCH3 is 1. The molecule has 1 rings (SSSR count). The molecule has 5 nitrogen and oxygen atoms in total. The Morgan fingerprint density at radius 3 is 2.61 bits per heavy atom. The highest BCUT2D eigenvalue weighted by atomic mass is 35.5. The molecule has 9 heteroatoms. The second-order valence-electron chi connectivity index (χ2n) is 3.57. The van der Waals surface area contributed by atoms with Crippen LogP contribution >= 0.6 is 11.6 Å². The molecule has 1 atom stereocenters. The molecule has 0 spiro atoms. The van der Waals surface area contributed by atoms with Crippen LogP contribution in [-0.2, 0) is 29.2 Å². The number of hydrogen-bond acceptors (Lipinski definition) is 4. The van der Waals surface area contributed by atoms with Gasteiger partial charge in [-0.2, -0.15) is 18.3 Å². The van der Waals surface area contributed by atoms with Crippen LogP contribution in [0.1, 0.15) is 11.3 Å². The number of aryl methyl sites for hydroxylation is 1. The van der Waals surface area contributed by atoms with Crippen molar-refractivity contribution in [3.05, 3.63) is 16.4 Å². The molecule has 1 heterocycles. The molecule has 102 valence electrons. The van der Waals surface area contributed by atoms with Gasteiger partial charge < -0.3 is 10.5 Å². The number of carbonyl (C=O) groups excluding carboxylic acids is 1. The summed E-state index contributed by atoms with van der Waals surface area (Å²) >= 11 is 5.70. The molecule has 18 heavy (non-hydrogen) atoms. The Morgan fingerprint density at radius 2 is 2.17 bits per heavy atom. The molecule has 0 fully saturated rings. The third-order valence-electron chi connectivity index (χ3n) is 2.27. The second kappa shape index (κ2) is 5.15. The number of rotatable bonds is 3.